The maximum atomic E-state index is 12.2. The Morgan fingerprint density at radius 1 is 1.42 bits per heavy atom. The third-order valence-electron chi connectivity index (χ3n) is 3.60. The van der Waals surface area contributed by atoms with E-state index in [0.717, 1.165) is 17.8 Å². The third kappa shape index (κ3) is 3.32. The Hall–Kier alpha value is -1.43. The number of rotatable bonds is 4. The Morgan fingerprint density at radius 3 is 2.68 bits per heavy atom. The summed E-state index contributed by atoms with van der Waals surface area (Å²) in [7, 11) is 0. The van der Waals surface area contributed by atoms with Crippen LogP contribution in [-0.4, -0.2) is 22.0 Å². The first-order valence-corrected chi connectivity index (χ1v) is 7.40. The van der Waals surface area contributed by atoms with E-state index in [2.05, 4.69) is 10.3 Å². The van der Waals surface area contributed by atoms with Crippen molar-refractivity contribution in [3.05, 3.63) is 16.6 Å². The Kier molecular flexibility index (Phi) is 4.52. The summed E-state index contributed by atoms with van der Waals surface area (Å²) in [5.74, 6) is -1.97. The second kappa shape index (κ2) is 6.14. The lowest BCUT2D eigenvalue weighted by Gasteiger charge is -2.28. The van der Waals surface area contributed by atoms with Gasteiger partial charge in [-0.05, 0) is 19.8 Å². The number of aliphatic carboxylic acids is 1. The molecule has 5 nitrogen and oxygen atoms in total. The van der Waals surface area contributed by atoms with E-state index in [-0.39, 0.29) is 11.9 Å². The molecule has 1 aromatic heterocycles. The Bertz CT molecular complexity index is 447. The monoisotopic (exact) mass is 282 g/mol. The van der Waals surface area contributed by atoms with Gasteiger partial charge in [-0.3, -0.25) is 9.59 Å². The number of thiazole rings is 1. The maximum absolute atomic E-state index is 12.2. The highest BCUT2D eigenvalue weighted by Crippen LogP contribution is 2.31. The van der Waals surface area contributed by atoms with Crippen molar-refractivity contribution in [1.82, 2.24) is 10.3 Å². The lowest BCUT2D eigenvalue weighted by Crippen LogP contribution is -2.40. The second-order valence-corrected chi connectivity index (χ2v) is 5.86. The molecule has 6 heteroatoms. The standard InChI is InChI=1S/C13H18N2O3S/c1-8(12-14-6-7-19-12)15-11(16)9-4-2-3-5-10(9)13(17)18/h6-10H,2-5H2,1H3,(H,15,16)(H,17,18). The highest BCUT2D eigenvalue weighted by Gasteiger charge is 2.36. The molecule has 3 unspecified atom stereocenters. The summed E-state index contributed by atoms with van der Waals surface area (Å²) in [6, 6.07) is -0.163. The summed E-state index contributed by atoms with van der Waals surface area (Å²) in [6.45, 7) is 1.87. The molecule has 1 heterocycles. The largest absolute Gasteiger partial charge is 0.481 e. The van der Waals surface area contributed by atoms with Gasteiger partial charge in [-0.15, -0.1) is 11.3 Å². The van der Waals surface area contributed by atoms with Crippen molar-refractivity contribution in [2.24, 2.45) is 11.8 Å². The van der Waals surface area contributed by atoms with Crippen molar-refractivity contribution in [3.8, 4) is 0 Å². The molecule has 2 rings (SSSR count). The molecule has 0 aromatic carbocycles. The molecule has 0 bridgehead atoms. The maximum Gasteiger partial charge on any atom is 0.307 e. The van der Waals surface area contributed by atoms with Crippen LogP contribution in [0.5, 0.6) is 0 Å². The number of carboxylic acids is 1. The van der Waals surface area contributed by atoms with E-state index in [1.807, 2.05) is 12.3 Å². The van der Waals surface area contributed by atoms with Crippen LogP contribution in [-0.2, 0) is 9.59 Å². The zero-order valence-electron chi connectivity index (χ0n) is 10.8. The average Bonchev–Trinajstić information content (AvgIpc) is 2.92. The van der Waals surface area contributed by atoms with Gasteiger partial charge in [-0.2, -0.15) is 0 Å². The molecule has 0 aliphatic heterocycles. The Morgan fingerprint density at radius 2 is 2.11 bits per heavy atom. The molecule has 1 fully saturated rings. The minimum absolute atomic E-state index is 0.158. The zero-order chi connectivity index (χ0) is 13.8. The zero-order valence-corrected chi connectivity index (χ0v) is 11.7. The van der Waals surface area contributed by atoms with Crippen molar-refractivity contribution in [2.45, 2.75) is 38.6 Å². The van der Waals surface area contributed by atoms with E-state index in [9.17, 15) is 14.7 Å². The quantitative estimate of drug-likeness (QED) is 0.887. The Balaban J connectivity index is 2.00. The molecule has 1 amide bonds. The van der Waals surface area contributed by atoms with E-state index < -0.39 is 17.8 Å². The molecule has 3 atom stereocenters. The molecule has 1 aromatic rings. The fourth-order valence-corrected chi connectivity index (χ4v) is 3.22. The summed E-state index contributed by atoms with van der Waals surface area (Å²) < 4.78 is 0. The van der Waals surface area contributed by atoms with Crippen LogP contribution in [0.1, 0.15) is 43.7 Å². The minimum Gasteiger partial charge on any atom is -0.481 e. The van der Waals surface area contributed by atoms with Crippen molar-refractivity contribution >= 4 is 23.2 Å². The molecule has 19 heavy (non-hydrogen) atoms. The molecule has 2 N–H and O–H groups in total. The topological polar surface area (TPSA) is 79.3 Å². The van der Waals surface area contributed by atoms with Crippen LogP contribution in [0.25, 0.3) is 0 Å². The van der Waals surface area contributed by atoms with Crippen LogP contribution in [0.3, 0.4) is 0 Å². The van der Waals surface area contributed by atoms with Crippen molar-refractivity contribution < 1.29 is 14.7 Å². The van der Waals surface area contributed by atoms with Crippen molar-refractivity contribution in [3.63, 3.8) is 0 Å². The predicted octanol–water partition coefficient (Wildman–Crippen LogP) is 2.21. The van der Waals surface area contributed by atoms with Gasteiger partial charge in [0, 0.05) is 11.6 Å². The summed E-state index contributed by atoms with van der Waals surface area (Å²) in [6.07, 6.45) is 4.77. The highest BCUT2D eigenvalue weighted by molar-refractivity contribution is 7.09. The van der Waals surface area contributed by atoms with Gasteiger partial charge in [-0.1, -0.05) is 12.8 Å². The highest BCUT2D eigenvalue weighted by atomic mass is 32.1. The Labute approximate surface area is 116 Å². The summed E-state index contributed by atoms with van der Waals surface area (Å²) in [4.78, 5) is 27.6. The number of amides is 1. The summed E-state index contributed by atoms with van der Waals surface area (Å²) >= 11 is 1.48. The molecule has 0 radical (unpaired) electrons. The van der Waals surface area contributed by atoms with Crippen LogP contribution in [0.4, 0.5) is 0 Å². The number of carbonyl (C=O) groups is 2. The van der Waals surface area contributed by atoms with Gasteiger partial charge < -0.3 is 10.4 Å². The average molecular weight is 282 g/mol. The number of hydrogen-bond donors (Lipinski definition) is 2. The van der Waals surface area contributed by atoms with Gasteiger partial charge in [0.1, 0.15) is 5.01 Å². The van der Waals surface area contributed by atoms with E-state index in [1.54, 1.807) is 6.20 Å². The summed E-state index contributed by atoms with van der Waals surface area (Å²) in [5, 5.41) is 14.8. The molecule has 0 spiro atoms. The van der Waals surface area contributed by atoms with Gasteiger partial charge in [0.25, 0.3) is 0 Å². The number of carboxylic acid groups (broad SMARTS) is 1. The van der Waals surface area contributed by atoms with Crippen molar-refractivity contribution in [2.75, 3.05) is 0 Å². The first-order valence-electron chi connectivity index (χ1n) is 6.52. The van der Waals surface area contributed by atoms with Gasteiger partial charge in [0.2, 0.25) is 5.91 Å². The van der Waals surface area contributed by atoms with E-state index in [4.69, 9.17) is 0 Å². The van der Waals surface area contributed by atoms with Crippen LogP contribution >= 0.6 is 11.3 Å². The third-order valence-corrected chi connectivity index (χ3v) is 4.56. The van der Waals surface area contributed by atoms with Gasteiger partial charge in [0.05, 0.1) is 17.9 Å². The van der Waals surface area contributed by atoms with Crippen LogP contribution in [0, 0.1) is 11.8 Å². The van der Waals surface area contributed by atoms with Gasteiger partial charge >= 0.3 is 5.97 Å². The normalized spacial score (nSPS) is 24.7. The molecule has 104 valence electrons. The second-order valence-electron chi connectivity index (χ2n) is 4.94. The van der Waals surface area contributed by atoms with Crippen LogP contribution < -0.4 is 5.32 Å². The molecule has 1 aliphatic carbocycles. The van der Waals surface area contributed by atoms with E-state index >= 15 is 0 Å². The number of hydrogen-bond acceptors (Lipinski definition) is 4. The van der Waals surface area contributed by atoms with E-state index in [0.29, 0.717) is 12.8 Å². The molecule has 0 saturated heterocycles. The van der Waals surface area contributed by atoms with Gasteiger partial charge in [0.15, 0.2) is 0 Å². The van der Waals surface area contributed by atoms with Crippen LogP contribution in [0.15, 0.2) is 11.6 Å². The lowest BCUT2D eigenvalue weighted by atomic mass is 9.78. The number of carbonyl (C=O) groups excluding carboxylic acids is 1. The minimum atomic E-state index is -0.859. The molecule has 1 aliphatic rings. The van der Waals surface area contributed by atoms with Crippen LogP contribution in [0.2, 0.25) is 0 Å². The molecule has 1 saturated carbocycles. The first kappa shape index (κ1) is 14.0. The predicted molar refractivity (Wildman–Crippen MR) is 71.8 cm³/mol. The number of nitrogens with zero attached hydrogens (tertiary/aromatic N) is 1. The van der Waals surface area contributed by atoms with Gasteiger partial charge in [-0.25, -0.2) is 4.98 Å². The number of nitrogens with one attached hydrogen (secondary N) is 1. The smallest absolute Gasteiger partial charge is 0.307 e. The van der Waals surface area contributed by atoms with E-state index in [1.165, 1.54) is 11.3 Å². The molecular formula is C13H18N2O3S. The molecular weight excluding hydrogens is 264 g/mol. The SMILES string of the molecule is CC(NC(=O)C1CCCCC1C(=O)O)c1nccs1. The summed E-state index contributed by atoms with van der Waals surface area (Å²) in [5.41, 5.74) is 0. The lowest BCUT2D eigenvalue weighted by molar-refractivity contribution is -0.149. The fourth-order valence-electron chi connectivity index (χ4n) is 2.57. The number of aromatic nitrogens is 1. The van der Waals surface area contributed by atoms with Crippen molar-refractivity contribution in [1.29, 1.82) is 0 Å². The fraction of sp³-hybridized carbons (Fsp3) is 0.615. The first-order chi connectivity index (χ1) is 9.09.